The van der Waals surface area contributed by atoms with Crippen molar-refractivity contribution in [1.29, 1.82) is 5.26 Å². The van der Waals surface area contributed by atoms with E-state index >= 15 is 0 Å². The second kappa shape index (κ2) is 5.87. The lowest BCUT2D eigenvalue weighted by Gasteiger charge is -2.07. The Balaban J connectivity index is 2.33. The summed E-state index contributed by atoms with van der Waals surface area (Å²) >= 11 is 11.5. The number of carbonyl (C=O) groups is 1. The van der Waals surface area contributed by atoms with Crippen LogP contribution in [0, 0.1) is 17.1 Å². The van der Waals surface area contributed by atoms with E-state index in [0.717, 1.165) is 12.1 Å². The Hall–Kier alpha value is -2.16. The normalized spacial score (nSPS) is 9.90. The van der Waals surface area contributed by atoms with Crippen molar-refractivity contribution in [2.45, 2.75) is 0 Å². The Kier molecular flexibility index (Phi) is 4.18. The van der Waals surface area contributed by atoms with Crippen LogP contribution in [0.1, 0.15) is 16.1 Å². The van der Waals surface area contributed by atoms with E-state index in [4.69, 9.17) is 28.5 Å². The van der Waals surface area contributed by atoms with Gasteiger partial charge in [-0.05, 0) is 30.3 Å². The lowest BCUT2D eigenvalue weighted by Crippen LogP contribution is -2.15. The maximum Gasteiger partial charge on any atom is 0.275 e. The predicted molar refractivity (Wildman–Crippen MR) is 73.3 cm³/mol. The average molecular weight is 310 g/mol. The highest BCUT2D eigenvalue weighted by atomic mass is 35.5. The van der Waals surface area contributed by atoms with Crippen LogP contribution in [0.15, 0.2) is 30.3 Å². The number of aromatic nitrogens is 1. The average Bonchev–Trinajstić information content (AvgIpc) is 2.43. The first-order valence-electron chi connectivity index (χ1n) is 5.34. The molecule has 0 saturated carbocycles. The summed E-state index contributed by atoms with van der Waals surface area (Å²) < 4.78 is 13.0. The second-order valence-electron chi connectivity index (χ2n) is 3.72. The topological polar surface area (TPSA) is 65.8 Å². The van der Waals surface area contributed by atoms with Crippen LogP contribution >= 0.6 is 23.2 Å². The lowest BCUT2D eigenvalue weighted by molar-refractivity contribution is 0.102. The van der Waals surface area contributed by atoms with Crippen LogP contribution in [0.25, 0.3) is 0 Å². The Labute approximate surface area is 123 Å². The number of nitrogens with zero attached hydrogens (tertiary/aromatic N) is 2. The summed E-state index contributed by atoms with van der Waals surface area (Å²) in [6, 6.07) is 8.09. The highest BCUT2D eigenvalue weighted by molar-refractivity contribution is 6.35. The van der Waals surface area contributed by atoms with Gasteiger partial charge in [-0.15, -0.1) is 0 Å². The molecule has 1 N–H and O–H groups in total. The molecule has 1 heterocycles. The number of rotatable bonds is 2. The molecule has 20 heavy (non-hydrogen) atoms. The third-order valence-corrected chi connectivity index (χ3v) is 2.89. The molecule has 1 aromatic heterocycles. The minimum atomic E-state index is -0.638. The van der Waals surface area contributed by atoms with Crippen molar-refractivity contribution in [1.82, 2.24) is 4.98 Å². The molecule has 0 fully saturated rings. The molecule has 0 unspecified atom stereocenters. The molecule has 0 saturated heterocycles. The van der Waals surface area contributed by atoms with Crippen LogP contribution in [-0.4, -0.2) is 10.9 Å². The number of benzene rings is 1. The summed E-state index contributed by atoms with van der Waals surface area (Å²) in [5.74, 6) is -1.21. The molecule has 4 nitrogen and oxygen atoms in total. The van der Waals surface area contributed by atoms with E-state index in [1.54, 1.807) is 6.07 Å². The van der Waals surface area contributed by atoms with Gasteiger partial charge in [-0.1, -0.05) is 23.2 Å². The summed E-state index contributed by atoms with van der Waals surface area (Å²) in [4.78, 5) is 15.8. The van der Waals surface area contributed by atoms with Crippen molar-refractivity contribution in [2.24, 2.45) is 0 Å². The van der Waals surface area contributed by atoms with Gasteiger partial charge >= 0.3 is 0 Å². The fourth-order valence-electron chi connectivity index (χ4n) is 1.48. The number of hydrogen-bond donors (Lipinski definition) is 1. The Bertz CT molecular complexity index is 728. The number of carbonyl (C=O) groups excluding carboxylic acids is 1. The molecule has 2 aromatic rings. The zero-order valence-electron chi connectivity index (χ0n) is 9.82. The minimum absolute atomic E-state index is 0.00324. The van der Waals surface area contributed by atoms with Crippen LogP contribution in [0.3, 0.4) is 0 Å². The molecular formula is C13H6Cl2FN3O. The molecule has 1 aromatic carbocycles. The molecule has 1 amide bonds. The van der Waals surface area contributed by atoms with E-state index < -0.39 is 11.7 Å². The fourth-order valence-corrected chi connectivity index (χ4v) is 1.82. The van der Waals surface area contributed by atoms with Gasteiger partial charge < -0.3 is 5.32 Å². The Morgan fingerprint density at radius 1 is 1.30 bits per heavy atom. The third kappa shape index (κ3) is 3.05. The predicted octanol–water partition coefficient (Wildman–Crippen LogP) is 3.65. The first kappa shape index (κ1) is 14.3. The summed E-state index contributed by atoms with van der Waals surface area (Å²) in [5, 5.41) is 11.6. The number of pyridine rings is 1. The lowest BCUT2D eigenvalue weighted by atomic mass is 10.2. The summed E-state index contributed by atoms with van der Waals surface area (Å²) in [5.41, 5.74) is 0.0839. The number of hydrogen-bond acceptors (Lipinski definition) is 3. The quantitative estimate of drug-likeness (QED) is 0.861. The standard InChI is InChI=1S/C13H6Cl2FN3O/c14-9-2-4-11(15)19-12(9)13(20)18-10-3-1-8(16)5-7(10)6-17/h1-5H,(H,18,20). The van der Waals surface area contributed by atoms with Crippen molar-refractivity contribution in [3.8, 4) is 6.07 Å². The summed E-state index contributed by atoms with van der Waals surface area (Å²) in [7, 11) is 0. The molecule has 2 rings (SSSR count). The van der Waals surface area contributed by atoms with Crippen LogP contribution in [0.2, 0.25) is 10.2 Å². The second-order valence-corrected chi connectivity index (χ2v) is 4.51. The third-order valence-electron chi connectivity index (χ3n) is 2.38. The molecule has 0 aliphatic rings. The molecule has 0 aliphatic heterocycles. The van der Waals surface area contributed by atoms with Gasteiger partial charge in [0.15, 0.2) is 0 Å². The zero-order valence-corrected chi connectivity index (χ0v) is 11.3. The number of nitrogens with one attached hydrogen (secondary N) is 1. The largest absolute Gasteiger partial charge is 0.319 e. The van der Waals surface area contributed by atoms with Gasteiger partial charge in [-0.2, -0.15) is 5.26 Å². The van der Waals surface area contributed by atoms with Crippen LogP contribution in [-0.2, 0) is 0 Å². The highest BCUT2D eigenvalue weighted by Gasteiger charge is 2.15. The summed E-state index contributed by atoms with van der Waals surface area (Å²) in [6.07, 6.45) is 0. The minimum Gasteiger partial charge on any atom is -0.319 e. The maximum absolute atomic E-state index is 13.0. The molecular weight excluding hydrogens is 304 g/mol. The van der Waals surface area contributed by atoms with Crippen molar-refractivity contribution in [2.75, 3.05) is 5.32 Å². The molecule has 0 atom stereocenters. The van der Waals surface area contributed by atoms with Gasteiger partial charge in [-0.25, -0.2) is 9.37 Å². The van der Waals surface area contributed by atoms with E-state index in [1.165, 1.54) is 18.2 Å². The monoisotopic (exact) mass is 309 g/mol. The number of halogens is 3. The molecule has 0 aliphatic carbocycles. The molecule has 0 bridgehead atoms. The molecule has 0 radical (unpaired) electrons. The molecule has 7 heteroatoms. The van der Waals surface area contributed by atoms with Gasteiger partial charge in [0.2, 0.25) is 0 Å². The van der Waals surface area contributed by atoms with Crippen molar-refractivity contribution in [3.63, 3.8) is 0 Å². The van der Waals surface area contributed by atoms with Crippen molar-refractivity contribution >= 4 is 34.8 Å². The first-order valence-corrected chi connectivity index (χ1v) is 6.10. The van der Waals surface area contributed by atoms with Gasteiger partial charge in [-0.3, -0.25) is 4.79 Å². The molecule has 100 valence electrons. The van der Waals surface area contributed by atoms with Crippen LogP contribution in [0.5, 0.6) is 0 Å². The summed E-state index contributed by atoms with van der Waals surface area (Å²) in [6.45, 7) is 0. The number of amides is 1. The number of nitriles is 1. The van der Waals surface area contributed by atoms with Crippen molar-refractivity contribution < 1.29 is 9.18 Å². The fraction of sp³-hybridized carbons (Fsp3) is 0. The van der Waals surface area contributed by atoms with E-state index in [0.29, 0.717) is 0 Å². The van der Waals surface area contributed by atoms with E-state index in [1.807, 2.05) is 0 Å². The van der Waals surface area contributed by atoms with Gasteiger partial charge in [0, 0.05) is 0 Å². The Morgan fingerprint density at radius 3 is 2.75 bits per heavy atom. The van der Waals surface area contributed by atoms with Crippen LogP contribution < -0.4 is 5.32 Å². The van der Waals surface area contributed by atoms with Gasteiger partial charge in [0.25, 0.3) is 5.91 Å². The maximum atomic E-state index is 13.0. The first-order chi connectivity index (χ1) is 9.51. The smallest absolute Gasteiger partial charge is 0.275 e. The highest BCUT2D eigenvalue weighted by Crippen LogP contribution is 2.20. The van der Waals surface area contributed by atoms with E-state index in [-0.39, 0.29) is 27.1 Å². The molecule has 0 spiro atoms. The van der Waals surface area contributed by atoms with Gasteiger partial charge in [0.05, 0.1) is 16.3 Å². The van der Waals surface area contributed by atoms with Gasteiger partial charge in [0.1, 0.15) is 22.7 Å². The number of anilines is 1. The Morgan fingerprint density at radius 2 is 2.05 bits per heavy atom. The van der Waals surface area contributed by atoms with Crippen molar-refractivity contribution in [3.05, 3.63) is 57.6 Å². The van der Waals surface area contributed by atoms with Crippen LogP contribution in [0.4, 0.5) is 10.1 Å². The zero-order chi connectivity index (χ0) is 14.7. The van der Waals surface area contributed by atoms with E-state index in [2.05, 4.69) is 10.3 Å². The SMILES string of the molecule is N#Cc1cc(F)ccc1NC(=O)c1nc(Cl)ccc1Cl. The van der Waals surface area contributed by atoms with E-state index in [9.17, 15) is 9.18 Å².